The van der Waals surface area contributed by atoms with Gasteiger partial charge >= 0.3 is 0 Å². The highest BCUT2D eigenvalue weighted by molar-refractivity contribution is 9.10. The van der Waals surface area contributed by atoms with Crippen LogP contribution in [0.5, 0.6) is 5.75 Å². The van der Waals surface area contributed by atoms with Crippen LogP contribution in [-0.2, 0) is 6.61 Å². The standard InChI is InChI=1S/C13H11BrClNO/c14-10-3-6-13(12(15)7-10)17-8-9-1-4-11(16)5-2-9/h1-7H,8,16H2. The second kappa shape index (κ2) is 5.43. The summed E-state index contributed by atoms with van der Waals surface area (Å²) in [5, 5.41) is 0.592. The highest BCUT2D eigenvalue weighted by Gasteiger charge is 2.02. The molecule has 0 atom stereocenters. The molecule has 0 bridgehead atoms. The summed E-state index contributed by atoms with van der Waals surface area (Å²) >= 11 is 9.39. The summed E-state index contributed by atoms with van der Waals surface area (Å²) in [6.07, 6.45) is 0. The van der Waals surface area contributed by atoms with E-state index in [0.717, 1.165) is 15.7 Å². The van der Waals surface area contributed by atoms with Gasteiger partial charge in [0.2, 0.25) is 0 Å². The third kappa shape index (κ3) is 3.38. The molecule has 0 aliphatic carbocycles. The average Bonchev–Trinajstić information content (AvgIpc) is 2.30. The molecule has 0 aromatic heterocycles. The predicted octanol–water partition coefficient (Wildman–Crippen LogP) is 4.26. The Bertz CT molecular complexity index is 513. The molecule has 2 aromatic rings. The van der Waals surface area contributed by atoms with Crippen LogP contribution in [0.1, 0.15) is 5.56 Å². The number of hydrogen-bond acceptors (Lipinski definition) is 2. The largest absolute Gasteiger partial charge is 0.487 e. The van der Waals surface area contributed by atoms with Gasteiger partial charge in [0.1, 0.15) is 12.4 Å². The lowest BCUT2D eigenvalue weighted by Crippen LogP contribution is -1.96. The van der Waals surface area contributed by atoms with Gasteiger partial charge in [-0.05, 0) is 35.9 Å². The molecule has 0 aliphatic heterocycles. The number of anilines is 1. The maximum absolute atomic E-state index is 6.05. The fourth-order valence-electron chi connectivity index (χ4n) is 1.37. The average molecular weight is 313 g/mol. The Morgan fingerprint density at radius 1 is 1.12 bits per heavy atom. The van der Waals surface area contributed by atoms with Crippen molar-refractivity contribution in [2.24, 2.45) is 0 Å². The molecule has 0 spiro atoms. The number of benzene rings is 2. The Hall–Kier alpha value is -1.19. The molecule has 0 unspecified atom stereocenters. The maximum atomic E-state index is 6.05. The number of nitrogens with two attached hydrogens (primary N) is 1. The number of ether oxygens (including phenoxy) is 1. The smallest absolute Gasteiger partial charge is 0.138 e. The minimum absolute atomic E-state index is 0.474. The number of rotatable bonds is 3. The zero-order valence-electron chi connectivity index (χ0n) is 8.99. The van der Waals surface area contributed by atoms with E-state index in [-0.39, 0.29) is 0 Å². The second-order valence-electron chi connectivity index (χ2n) is 3.61. The first-order valence-electron chi connectivity index (χ1n) is 5.07. The molecule has 0 saturated heterocycles. The molecule has 0 amide bonds. The van der Waals surface area contributed by atoms with E-state index in [1.165, 1.54) is 0 Å². The maximum Gasteiger partial charge on any atom is 0.138 e. The highest BCUT2D eigenvalue weighted by Crippen LogP contribution is 2.28. The molecule has 0 heterocycles. The zero-order chi connectivity index (χ0) is 12.3. The van der Waals surface area contributed by atoms with Crippen LogP contribution in [0, 0.1) is 0 Å². The van der Waals surface area contributed by atoms with Crippen LogP contribution in [-0.4, -0.2) is 0 Å². The molecular weight excluding hydrogens is 302 g/mol. The minimum atomic E-state index is 0.474. The second-order valence-corrected chi connectivity index (χ2v) is 4.93. The minimum Gasteiger partial charge on any atom is -0.487 e. The molecule has 0 radical (unpaired) electrons. The van der Waals surface area contributed by atoms with Gasteiger partial charge < -0.3 is 10.5 Å². The Labute approximate surface area is 113 Å². The van der Waals surface area contributed by atoms with Gasteiger partial charge in [0.05, 0.1) is 5.02 Å². The van der Waals surface area contributed by atoms with Crippen LogP contribution in [0.2, 0.25) is 5.02 Å². The van der Waals surface area contributed by atoms with Crippen LogP contribution >= 0.6 is 27.5 Å². The lowest BCUT2D eigenvalue weighted by atomic mass is 10.2. The first-order valence-corrected chi connectivity index (χ1v) is 6.24. The topological polar surface area (TPSA) is 35.2 Å². The van der Waals surface area contributed by atoms with Gasteiger partial charge in [-0.1, -0.05) is 39.7 Å². The highest BCUT2D eigenvalue weighted by atomic mass is 79.9. The summed E-state index contributed by atoms with van der Waals surface area (Å²) < 4.78 is 6.56. The SMILES string of the molecule is Nc1ccc(COc2ccc(Br)cc2Cl)cc1. The van der Waals surface area contributed by atoms with E-state index < -0.39 is 0 Å². The van der Waals surface area contributed by atoms with Crippen molar-refractivity contribution in [2.75, 3.05) is 5.73 Å². The van der Waals surface area contributed by atoms with Gasteiger partial charge in [0.15, 0.2) is 0 Å². The van der Waals surface area contributed by atoms with Gasteiger partial charge in [-0.2, -0.15) is 0 Å². The van der Waals surface area contributed by atoms with E-state index in [1.54, 1.807) is 6.07 Å². The quantitative estimate of drug-likeness (QED) is 0.859. The molecular formula is C13H11BrClNO. The fraction of sp³-hybridized carbons (Fsp3) is 0.0769. The summed E-state index contributed by atoms with van der Waals surface area (Å²) in [5.74, 6) is 0.673. The third-order valence-electron chi connectivity index (χ3n) is 2.27. The third-order valence-corrected chi connectivity index (χ3v) is 3.06. The fourth-order valence-corrected chi connectivity index (χ4v) is 2.10. The van der Waals surface area contributed by atoms with Gasteiger partial charge in [-0.15, -0.1) is 0 Å². The van der Waals surface area contributed by atoms with Crippen molar-refractivity contribution in [3.8, 4) is 5.75 Å². The van der Waals surface area contributed by atoms with E-state index in [2.05, 4.69) is 15.9 Å². The van der Waals surface area contributed by atoms with Crippen LogP contribution in [0.25, 0.3) is 0 Å². The van der Waals surface area contributed by atoms with Crippen LogP contribution in [0.4, 0.5) is 5.69 Å². The predicted molar refractivity (Wildman–Crippen MR) is 74.3 cm³/mol. The summed E-state index contributed by atoms with van der Waals surface area (Å²) in [5.41, 5.74) is 7.41. The van der Waals surface area contributed by atoms with Crippen molar-refractivity contribution in [3.05, 3.63) is 57.5 Å². The molecule has 2 nitrogen and oxygen atoms in total. The van der Waals surface area contributed by atoms with E-state index in [4.69, 9.17) is 22.1 Å². The molecule has 0 aliphatic rings. The molecule has 4 heteroatoms. The molecule has 2 aromatic carbocycles. The summed E-state index contributed by atoms with van der Waals surface area (Å²) in [6.45, 7) is 0.474. The Kier molecular flexibility index (Phi) is 3.92. The Morgan fingerprint density at radius 2 is 1.82 bits per heavy atom. The molecule has 0 fully saturated rings. The van der Waals surface area contributed by atoms with E-state index in [0.29, 0.717) is 17.4 Å². The van der Waals surface area contributed by atoms with E-state index >= 15 is 0 Å². The van der Waals surface area contributed by atoms with Gasteiger partial charge in [0.25, 0.3) is 0 Å². The first-order chi connectivity index (χ1) is 8.15. The van der Waals surface area contributed by atoms with Crippen molar-refractivity contribution < 1.29 is 4.74 Å². The van der Waals surface area contributed by atoms with Gasteiger partial charge in [-0.25, -0.2) is 0 Å². The first kappa shape index (κ1) is 12.3. The van der Waals surface area contributed by atoms with Crippen LogP contribution < -0.4 is 10.5 Å². The Balaban J connectivity index is 2.04. The van der Waals surface area contributed by atoms with Gasteiger partial charge in [0, 0.05) is 10.2 Å². The Morgan fingerprint density at radius 3 is 2.47 bits per heavy atom. The van der Waals surface area contributed by atoms with Crippen LogP contribution in [0.15, 0.2) is 46.9 Å². The van der Waals surface area contributed by atoms with Crippen molar-refractivity contribution in [1.29, 1.82) is 0 Å². The van der Waals surface area contributed by atoms with Crippen LogP contribution in [0.3, 0.4) is 0 Å². The van der Waals surface area contributed by atoms with Crippen molar-refractivity contribution in [1.82, 2.24) is 0 Å². The van der Waals surface area contributed by atoms with Crippen molar-refractivity contribution in [2.45, 2.75) is 6.61 Å². The lowest BCUT2D eigenvalue weighted by Gasteiger charge is -2.08. The summed E-state index contributed by atoms with van der Waals surface area (Å²) in [4.78, 5) is 0. The molecule has 2 N–H and O–H groups in total. The van der Waals surface area contributed by atoms with Gasteiger partial charge in [-0.3, -0.25) is 0 Å². The molecule has 0 saturated carbocycles. The number of halogens is 2. The van der Waals surface area contributed by atoms with E-state index in [1.807, 2.05) is 36.4 Å². The number of hydrogen-bond donors (Lipinski definition) is 1. The summed E-state index contributed by atoms with van der Waals surface area (Å²) in [6, 6.07) is 13.1. The number of nitrogen functional groups attached to an aromatic ring is 1. The van der Waals surface area contributed by atoms with Crippen molar-refractivity contribution >= 4 is 33.2 Å². The molecule has 17 heavy (non-hydrogen) atoms. The zero-order valence-corrected chi connectivity index (χ0v) is 11.3. The molecule has 88 valence electrons. The van der Waals surface area contributed by atoms with Crippen molar-refractivity contribution in [3.63, 3.8) is 0 Å². The lowest BCUT2D eigenvalue weighted by molar-refractivity contribution is 0.306. The summed E-state index contributed by atoms with van der Waals surface area (Å²) in [7, 11) is 0. The van der Waals surface area contributed by atoms with E-state index in [9.17, 15) is 0 Å². The molecule has 2 rings (SSSR count). The monoisotopic (exact) mass is 311 g/mol. The normalized spacial score (nSPS) is 10.2.